The molecular formula is C19H25FN4O. The van der Waals surface area contributed by atoms with E-state index in [2.05, 4.69) is 10.4 Å². The molecule has 1 amide bonds. The molecule has 0 spiro atoms. The average molecular weight is 344 g/mol. The largest absolute Gasteiger partial charge is 0.349 e. The minimum Gasteiger partial charge on any atom is -0.349 e. The van der Waals surface area contributed by atoms with Gasteiger partial charge in [-0.25, -0.2) is 9.07 Å². The molecule has 1 heterocycles. The zero-order valence-corrected chi connectivity index (χ0v) is 14.7. The summed E-state index contributed by atoms with van der Waals surface area (Å²) in [5.74, 6) is -0.291. The number of carbonyl (C=O) groups is 1. The molecule has 6 heteroatoms. The number of amides is 1. The van der Waals surface area contributed by atoms with Crippen LogP contribution in [-0.2, 0) is 0 Å². The van der Waals surface area contributed by atoms with E-state index in [1.165, 1.54) is 12.1 Å². The van der Waals surface area contributed by atoms with Crippen molar-refractivity contribution in [2.75, 3.05) is 0 Å². The number of rotatable bonds is 4. The van der Waals surface area contributed by atoms with E-state index < -0.39 is 0 Å². The van der Waals surface area contributed by atoms with E-state index in [-0.39, 0.29) is 29.7 Å². The second-order valence-electron chi connectivity index (χ2n) is 7.07. The van der Waals surface area contributed by atoms with Gasteiger partial charge < -0.3 is 11.1 Å². The van der Waals surface area contributed by atoms with E-state index >= 15 is 0 Å². The summed E-state index contributed by atoms with van der Waals surface area (Å²) in [6.07, 6.45) is 5.31. The van der Waals surface area contributed by atoms with Crippen molar-refractivity contribution in [2.24, 2.45) is 5.73 Å². The molecular weight excluding hydrogens is 319 g/mol. The average Bonchev–Trinajstić information content (AvgIpc) is 3.03. The fraction of sp³-hybridized carbons (Fsp3) is 0.474. The summed E-state index contributed by atoms with van der Waals surface area (Å²) in [7, 11) is 0. The number of halogens is 1. The fourth-order valence-electron chi connectivity index (χ4n) is 3.40. The van der Waals surface area contributed by atoms with Crippen LogP contribution in [-0.4, -0.2) is 27.8 Å². The van der Waals surface area contributed by atoms with Gasteiger partial charge in [0.15, 0.2) is 0 Å². The Morgan fingerprint density at radius 1 is 1.24 bits per heavy atom. The summed E-state index contributed by atoms with van der Waals surface area (Å²) in [4.78, 5) is 12.8. The minimum absolute atomic E-state index is 0.0995. The molecule has 25 heavy (non-hydrogen) atoms. The Morgan fingerprint density at radius 3 is 2.48 bits per heavy atom. The molecule has 0 aliphatic heterocycles. The Morgan fingerprint density at radius 2 is 1.88 bits per heavy atom. The third-order valence-electron chi connectivity index (χ3n) is 4.78. The normalized spacial score (nSPS) is 20.7. The predicted molar refractivity (Wildman–Crippen MR) is 95.3 cm³/mol. The van der Waals surface area contributed by atoms with Gasteiger partial charge in [-0.1, -0.05) is 13.8 Å². The molecule has 0 bridgehead atoms. The van der Waals surface area contributed by atoms with Crippen molar-refractivity contribution in [1.29, 1.82) is 0 Å². The van der Waals surface area contributed by atoms with Crippen LogP contribution < -0.4 is 11.1 Å². The molecule has 1 saturated carbocycles. The number of nitrogens with zero attached hydrogens (tertiary/aromatic N) is 2. The van der Waals surface area contributed by atoms with E-state index in [9.17, 15) is 9.18 Å². The van der Waals surface area contributed by atoms with Gasteiger partial charge in [-0.2, -0.15) is 5.10 Å². The quantitative estimate of drug-likeness (QED) is 0.895. The van der Waals surface area contributed by atoms with Crippen LogP contribution in [0.25, 0.3) is 5.69 Å². The molecule has 0 saturated heterocycles. The lowest BCUT2D eigenvalue weighted by Gasteiger charge is -2.26. The first-order valence-electron chi connectivity index (χ1n) is 8.86. The number of hydrogen-bond donors (Lipinski definition) is 2. The number of hydrogen-bond acceptors (Lipinski definition) is 3. The summed E-state index contributed by atoms with van der Waals surface area (Å²) < 4.78 is 14.9. The van der Waals surface area contributed by atoms with Gasteiger partial charge in [0, 0.05) is 12.1 Å². The van der Waals surface area contributed by atoms with Crippen molar-refractivity contribution in [3.05, 3.63) is 47.5 Å². The molecule has 3 rings (SSSR count). The second kappa shape index (κ2) is 7.35. The van der Waals surface area contributed by atoms with Gasteiger partial charge >= 0.3 is 0 Å². The molecule has 5 nitrogen and oxygen atoms in total. The molecule has 1 aromatic heterocycles. The zero-order valence-electron chi connectivity index (χ0n) is 14.7. The van der Waals surface area contributed by atoms with Gasteiger partial charge in [0.2, 0.25) is 0 Å². The lowest BCUT2D eigenvalue weighted by Crippen LogP contribution is -2.40. The van der Waals surface area contributed by atoms with Crippen LogP contribution in [0, 0.1) is 5.82 Å². The van der Waals surface area contributed by atoms with E-state index in [0.29, 0.717) is 5.56 Å². The second-order valence-corrected chi connectivity index (χ2v) is 7.07. The smallest absolute Gasteiger partial charge is 0.255 e. The van der Waals surface area contributed by atoms with Gasteiger partial charge in [0.1, 0.15) is 5.82 Å². The van der Waals surface area contributed by atoms with Crippen molar-refractivity contribution >= 4 is 5.91 Å². The van der Waals surface area contributed by atoms with Crippen LogP contribution in [0.1, 0.15) is 61.5 Å². The maximum Gasteiger partial charge on any atom is 0.255 e. The monoisotopic (exact) mass is 344 g/mol. The molecule has 2 aromatic rings. The number of aromatic nitrogens is 2. The number of nitrogens with two attached hydrogens (primary N) is 1. The van der Waals surface area contributed by atoms with E-state index in [0.717, 1.165) is 37.1 Å². The summed E-state index contributed by atoms with van der Waals surface area (Å²) >= 11 is 0. The molecule has 134 valence electrons. The van der Waals surface area contributed by atoms with Crippen LogP contribution in [0.5, 0.6) is 0 Å². The maximum atomic E-state index is 13.2. The van der Waals surface area contributed by atoms with Crippen molar-refractivity contribution in [3.8, 4) is 5.69 Å². The van der Waals surface area contributed by atoms with Crippen LogP contribution in [0.2, 0.25) is 0 Å². The van der Waals surface area contributed by atoms with Gasteiger partial charge in [-0.15, -0.1) is 0 Å². The van der Waals surface area contributed by atoms with Crippen LogP contribution >= 0.6 is 0 Å². The molecule has 3 N–H and O–H groups in total. The highest BCUT2D eigenvalue weighted by Crippen LogP contribution is 2.24. The Bertz CT molecular complexity index is 730. The first-order valence-corrected chi connectivity index (χ1v) is 8.86. The standard InChI is InChI=1S/C19H25FN4O/c1-12(2)18-17(19(25)23-15-7-5-14(21)6-8-15)11-22-24(18)16-9-3-13(20)4-10-16/h3-4,9-12,14-15H,5-8,21H2,1-2H3,(H,23,25). The highest BCUT2D eigenvalue weighted by molar-refractivity contribution is 5.95. The number of carbonyl (C=O) groups excluding carboxylic acids is 1. The highest BCUT2D eigenvalue weighted by atomic mass is 19.1. The molecule has 0 radical (unpaired) electrons. The molecule has 1 fully saturated rings. The van der Waals surface area contributed by atoms with Gasteiger partial charge in [0.25, 0.3) is 5.91 Å². The van der Waals surface area contributed by atoms with Crippen molar-refractivity contribution in [1.82, 2.24) is 15.1 Å². The third-order valence-corrected chi connectivity index (χ3v) is 4.78. The van der Waals surface area contributed by atoms with Crippen molar-refractivity contribution in [3.63, 3.8) is 0 Å². The first kappa shape index (κ1) is 17.6. The first-order chi connectivity index (χ1) is 12.0. The fourth-order valence-corrected chi connectivity index (χ4v) is 3.40. The summed E-state index contributed by atoms with van der Waals surface area (Å²) in [6.45, 7) is 4.04. The van der Waals surface area contributed by atoms with Gasteiger partial charge in [-0.3, -0.25) is 4.79 Å². The lowest BCUT2D eigenvalue weighted by molar-refractivity contribution is 0.0924. The molecule has 0 unspecified atom stereocenters. The Hall–Kier alpha value is -2.21. The summed E-state index contributed by atoms with van der Waals surface area (Å²) in [5.41, 5.74) is 8.08. The minimum atomic E-state index is -0.296. The Balaban J connectivity index is 1.84. The lowest BCUT2D eigenvalue weighted by atomic mass is 9.91. The van der Waals surface area contributed by atoms with Gasteiger partial charge in [-0.05, 0) is 55.9 Å². The molecule has 1 aromatic carbocycles. The molecule has 1 aliphatic rings. The summed E-state index contributed by atoms with van der Waals surface area (Å²) in [6, 6.07) is 6.54. The van der Waals surface area contributed by atoms with Crippen LogP contribution in [0.3, 0.4) is 0 Å². The zero-order chi connectivity index (χ0) is 18.0. The van der Waals surface area contributed by atoms with Crippen molar-refractivity contribution in [2.45, 2.75) is 57.5 Å². The predicted octanol–water partition coefficient (Wildman–Crippen LogP) is 3.13. The van der Waals surface area contributed by atoms with Gasteiger partial charge in [0.05, 0.1) is 23.1 Å². The van der Waals surface area contributed by atoms with Crippen molar-refractivity contribution < 1.29 is 9.18 Å². The van der Waals surface area contributed by atoms with E-state index in [1.54, 1.807) is 23.0 Å². The molecule has 1 aliphatic carbocycles. The highest BCUT2D eigenvalue weighted by Gasteiger charge is 2.25. The van der Waals surface area contributed by atoms with E-state index in [4.69, 9.17) is 5.73 Å². The third kappa shape index (κ3) is 3.90. The number of benzene rings is 1. The summed E-state index contributed by atoms with van der Waals surface area (Å²) in [5, 5.41) is 7.49. The SMILES string of the molecule is CC(C)c1c(C(=O)NC2CCC(N)CC2)cnn1-c1ccc(F)cc1. The Kier molecular flexibility index (Phi) is 5.18. The topological polar surface area (TPSA) is 72.9 Å². The van der Waals surface area contributed by atoms with E-state index in [1.807, 2.05) is 13.8 Å². The number of nitrogens with one attached hydrogen (secondary N) is 1. The Labute approximate surface area is 147 Å². The maximum absolute atomic E-state index is 13.2. The molecule has 0 atom stereocenters. The van der Waals surface area contributed by atoms with Crippen LogP contribution in [0.15, 0.2) is 30.5 Å². The van der Waals surface area contributed by atoms with Crippen LogP contribution in [0.4, 0.5) is 4.39 Å².